The van der Waals surface area contributed by atoms with E-state index >= 15 is 0 Å². The van der Waals surface area contributed by atoms with Gasteiger partial charge in [0, 0.05) is 11.3 Å². The second-order valence-electron chi connectivity index (χ2n) is 5.64. The summed E-state index contributed by atoms with van der Waals surface area (Å²) >= 11 is 5.41. The Balaban J connectivity index is 2.54. The molecule has 0 aliphatic rings. The Hall–Kier alpha value is -2.40. The fourth-order valence-corrected chi connectivity index (χ4v) is 2.58. The van der Waals surface area contributed by atoms with Crippen LogP contribution in [-0.4, -0.2) is 27.7 Å². The van der Waals surface area contributed by atoms with Gasteiger partial charge in [0.25, 0.3) is 11.0 Å². The first-order valence-electron chi connectivity index (χ1n) is 7.50. The predicted molar refractivity (Wildman–Crippen MR) is 91.0 cm³/mol. The lowest BCUT2D eigenvalue weighted by Gasteiger charge is -2.12. The van der Waals surface area contributed by atoms with Crippen LogP contribution in [0.1, 0.15) is 30.0 Å². The van der Waals surface area contributed by atoms with Gasteiger partial charge in [0.15, 0.2) is 0 Å². The molecule has 0 fully saturated rings. The second-order valence-corrected chi connectivity index (χ2v) is 5.98. The molecule has 2 aromatic rings. The summed E-state index contributed by atoms with van der Waals surface area (Å²) in [5.74, 6) is -1.33. The average Bonchev–Trinajstić information content (AvgIpc) is 2.83. The van der Waals surface area contributed by atoms with Gasteiger partial charge in [-0.3, -0.25) is 14.4 Å². The number of esters is 1. The normalized spacial score (nSPS) is 10.7. The maximum atomic E-state index is 12.3. The Labute approximate surface area is 145 Å². The van der Waals surface area contributed by atoms with E-state index in [2.05, 4.69) is 0 Å². The fraction of sp³-hybridized carbons (Fsp3) is 0.278. The van der Waals surface area contributed by atoms with E-state index < -0.39 is 17.0 Å². The lowest BCUT2D eigenvalue weighted by atomic mass is 10.0. The van der Waals surface area contributed by atoms with E-state index in [1.54, 1.807) is 26.8 Å². The first-order valence-corrected chi connectivity index (χ1v) is 7.88. The first kappa shape index (κ1) is 17.9. The van der Waals surface area contributed by atoms with Gasteiger partial charge in [0.2, 0.25) is 0 Å². The monoisotopic (exact) mass is 347 g/mol. The molecule has 0 saturated carbocycles. The highest BCUT2D eigenvalue weighted by Crippen LogP contribution is 2.28. The molecule has 0 atom stereocenters. The number of rotatable bonds is 6. The van der Waals surface area contributed by atoms with Crippen molar-refractivity contribution in [3.63, 3.8) is 0 Å². The van der Waals surface area contributed by atoms with Gasteiger partial charge in [-0.2, -0.15) is 0 Å². The van der Waals surface area contributed by atoms with E-state index in [0.29, 0.717) is 11.3 Å². The predicted octanol–water partition coefficient (Wildman–Crippen LogP) is 3.36. The summed E-state index contributed by atoms with van der Waals surface area (Å²) in [6.45, 7) is 5.07. The van der Waals surface area contributed by atoms with Crippen LogP contribution in [0, 0.1) is 6.92 Å². The van der Waals surface area contributed by atoms with Crippen molar-refractivity contribution in [3.05, 3.63) is 47.8 Å². The highest BCUT2D eigenvalue weighted by molar-refractivity contribution is 6.83. The standard InChI is InChI=1S/C18H18ClNO4/c1-11(2)24-15(21)10-20-12(3)9-14(13-7-5-4-6-8-13)16(20)17(22)18(19)23/h4-9,11H,10H2,1-3H3. The van der Waals surface area contributed by atoms with E-state index in [1.165, 1.54) is 4.57 Å². The third-order valence-corrected chi connectivity index (χ3v) is 3.61. The third kappa shape index (κ3) is 3.92. The van der Waals surface area contributed by atoms with Crippen LogP contribution < -0.4 is 0 Å². The van der Waals surface area contributed by atoms with Crippen LogP contribution >= 0.6 is 11.6 Å². The summed E-state index contributed by atoms with van der Waals surface area (Å²) in [6.07, 6.45) is -0.268. The lowest BCUT2D eigenvalue weighted by Crippen LogP contribution is -2.22. The summed E-state index contributed by atoms with van der Waals surface area (Å²) in [7, 11) is 0. The molecule has 1 aromatic carbocycles. The molecule has 2 rings (SSSR count). The summed E-state index contributed by atoms with van der Waals surface area (Å²) < 4.78 is 6.60. The summed E-state index contributed by atoms with van der Waals surface area (Å²) in [4.78, 5) is 35.8. The zero-order chi connectivity index (χ0) is 17.9. The summed E-state index contributed by atoms with van der Waals surface area (Å²) in [5, 5.41) is -1.09. The van der Waals surface area contributed by atoms with Crippen molar-refractivity contribution >= 4 is 28.6 Å². The van der Waals surface area contributed by atoms with Crippen molar-refractivity contribution in [2.45, 2.75) is 33.4 Å². The molecule has 0 N–H and O–H groups in total. The number of aromatic nitrogens is 1. The number of ketones is 1. The number of halogens is 1. The van der Waals surface area contributed by atoms with Gasteiger partial charge < -0.3 is 9.30 Å². The molecule has 0 unspecified atom stereocenters. The Morgan fingerprint density at radius 3 is 2.33 bits per heavy atom. The van der Waals surface area contributed by atoms with Gasteiger partial charge in [0.05, 0.1) is 6.10 Å². The minimum Gasteiger partial charge on any atom is -0.462 e. The Morgan fingerprint density at radius 2 is 1.79 bits per heavy atom. The smallest absolute Gasteiger partial charge is 0.326 e. The van der Waals surface area contributed by atoms with Gasteiger partial charge in [-0.05, 0) is 44.0 Å². The quantitative estimate of drug-likeness (QED) is 0.348. The number of hydrogen-bond acceptors (Lipinski definition) is 4. The Morgan fingerprint density at radius 1 is 1.17 bits per heavy atom. The van der Waals surface area contributed by atoms with E-state index in [4.69, 9.17) is 16.3 Å². The Kier molecular flexibility index (Phi) is 5.57. The lowest BCUT2D eigenvalue weighted by molar-refractivity contribution is -0.148. The maximum absolute atomic E-state index is 12.3. The van der Waals surface area contributed by atoms with Crippen molar-refractivity contribution < 1.29 is 19.1 Å². The van der Waals surface area contributed by atoms with Crippen LogP contribution in [0.4, 0.5) is 0 Å². The molecule has 1 heterocycles. The van der Waals surface area contributed by atoms with Crippen LogP contribution in [0.3, 0.4) is 0 Å². The number of ether oxygens (including phenoxy) is 1. The summed E-state index contributed by atoms with van der Waals surface area (Å²) in [6, 6.07) is 10.9. The van der Waals surface area contributed by atoms with Crippen LogP contribution in [0.25, 0.3) is 11.1 Å². The first-order chi connectivity index (χ1) is 11.3. The molecule has 5 nitrogen and oxygen atoms in total. The van der Waals surface area contributed by atoms with E-state index in [9.17, 15) is 14.4 Å². The van der Waals surface area contributed by atoms with Crippen LogP contribution in [0.5, 0.6) is 0 Å². The molecule has 0 bridgehead atoms. The number of nitrogens with zero attached hydrogens (tertiary/aromatic N) is 1. The average molecular weight is 348 g/mol. The van der Waals surface area contributed by atoms with Crippen molar-refractivity contribution in [1.29, 1.82) is 0 Å². The highest BCUT2D eigenvalue weighted by Gasteiger charge is 2.26. The third-order valence-electron chi connectivity index (χ3n) is 3.44. The number of aryl methyl sites for hydroxylation is 1. The number of hydrogen-bond donors (Lipinski definition) is 0. The van der Waals surface area contributed by atoms with Crippen molar-refractivity contribution in [1.82, 2.24) is 4.57 Å². The molecule has 24 heavy (non-hydrogen) atoms. The molecule has 0 aliphatic heterocycles. The van der Waals surface area contributed by atoms with Crippen molar-refractivity contribution in [2.75, 3.05) is 0 Å². The number of benzene rings is 1. The summed E-state index contributed by atoms with van der Waals surface area (Å²) in [5.41, 5.74) is 2.08. The van der Waals surface area contributed by atoms with Gasteiger partial charge in [-0.15, -0.1) is 0 Å². The fourth-order valence-electron chi connectivity index (χ4n) is 2.49. The molecule has 0 radical (unpaired) electrons. The molecule has 0 saturated heterocycles. The zero-order valence-corrected chi connectivity index (χ0v) is 14.5. The van der Waals surface area contributed by atoms with E-state index in [-0.39, 0.29) is 18.3 Å². The molecular formula is C18H18ClNO4. The van der Waals surface area contributed by atoms with Crippen LogP contribution in [0.15, 0.2) is 36.4 Å². The SMILES string of the molecule is Cc1cc(-c2ccccc2)c(C(=O)C(=O)Cl)n1CC(=O)OC(C)C. The second kappa shape index (κ2) is 7.45. The number of Topliss-reactive ketones (excluding diaryl/α,β-unsaturated/α-hetero) is 1. The molecule has 0 amide bonds. The molecule has 126 valence electrons. The molecule has 1 aromatic heterocycles. The molecule has 0 spiro atoms. The minimum atomic E-state index is -1.09. The Bertz CT molecular complexity index is 778. The van der Waals surface area contributed by atoms with Crippen molar-refractivity contribution in [2.24, 2.45) is 0 Å². The molecular weight excluding hydrogens is 330 g/mol. The topological polar surface area (TPSA) is 65.4 Å². The number of carbonyl (C=O) groups is 3. The zero-order valence-electron chi connectivity index (χ0n) is 13.7. The van der Waals surface area contributed by atoms with Gasteiger partial charge in [-0.1, -0.05) is 30.3 Å². The van der Waals surface area contributed by atoms with Gasteiger partial charge >= 0.3 is 5.97 Å². The molecule has 6 heteroatoms. The molecule has 0 aliphatic carbocycles. The highest BCUT2D eigenvalue weighted by atomic mass is 35.5. The van der Waals surface area contributed by atoms with Gasteiger partial charge in [-0.25, -0.2) is 0 Å². The minimum absolute atomic E-state index is 0.0967. The maximum Gasteiger partial charge on any atom is 0.326 e. The van der Waals surface area contributed by atoms with Crippen LogP contribution in [-0.2, 0) is 20.9 Å². The van der Waals surface area contributed by atoms with Gasteiger partial charge in [0.1, 0.15) is 12.2 Å². The number of carbonyl (C=O) groups excluding carboxylic acids is 3. The van der Waals surface area contributed by atoms with Crippen LogP contribution in [0.2, 0.25) is 0 Å². The van der Waals surface area contributed by atoms with Crippen molar-refractivity contribution in [3.8, 4) is 11.1 Å². The van der Waals surface area contributed by atoms with E-state index in [0.717, 1.165) is 5.56 Å². The largest absolute Gasteiger partial charge is 0.462 e. The van der Waals surface area contributed by atoms with E-state index in [1.807, 2.05) is 30.3 Å².